The van der Waals surface area contributed by atoms with E-state index < -0.39 is 0 Å². The minimum atomic E-state index is -0.330. The van der Waals surface area contributed by atoms with Crippen molar-refractivity contribution >= 4 is 23.0 Å². The predicted molar refractivity (Wildman–Crippen MR) is 83.2 cm³/mol. The summed E-state index contributed by atoms with van der Waals surface area (Å²) in [5, 5.41) is 15.1. The van der Waals surface area contributed by atoms with Crippen LogP contribution in [0.4, 0.5) is 11.4 Å². The van der Waals surface area contributed by atoms with E-state index in [0.717, 1.165) is 45.7 Å². The Morgan fingerprint density at radius 2 is 2.05 bits per heavy atom. The SMILES string of the molecule is O=[N+]([O-])c1ccc(Cl)cc1N1CCC(N2CCNCC2)C1. The van der Waals surface area contributed by atoms with E-state index in [1.807, 2.05) is 0 Å². The lowest BCUT2D eigenvalue weighted by atomic mass is 10.2. The van der Waals surface area contributed by atoms with E-state index >= 15 is 0 Å². The summed E-state index contributed by atoms with van der Waals surface area (Å²) in [6, 6.07) is 5.26. The molecule has 6 nitrogen and oxygen atoms in total. The molecule has 0 spiro atoms. The van der Waals surface area contributed by atoms with E-state index in [9.17, 15) is 10.1 Å². The standard InChI is InChI=1S/C14H19ClN4O2/c15-11-1-2-13(19(20)21)14(9-11)18-6-3-12(10-18)17-7-4-16-5-8-17/h1-2,9,12,16H,3-8,10H2. The van der Waals surface area contributed by atoms with Gasteiger partial charge < -0.3 is 10.2 Å². The zero-order valence-electron chi connectivity index (χ0n) is 11.8. The first-order valence-electron chi connectivity index (χ1n) is 7.29. The Labute approximate surface area is 128 Å². The zero-order valence-corrected chi connectivity index (χ0v) is 12.6. The maximum atomic E-state index is 11.2. The van der Waals surface area contributed by atoms with E-state index in [4.69, 9.17) is 11.6 Å². The van der Waals surface area contributed by atoms with Crippen LogP contribution in [0, 0.1) is 10.1 Å². The molecule has 21 heavy (non-hydrogen) atoms. The van der Waals surface area contributed by atoms with Crippen LogP contribution >= 0.6 is 11.6 Å². The molecule has 2 aliphatic rings. The number of nitro benzene ring substituents is 1. The van der Waals surface area contributed by atoms with Crippen LogP contribution in [0.5, 0.6) is 0 Å². The van der Waals surface area contributed by atoms with Gasteiger partial charge in [0.1, 0.15) is 5.69 Å². The van der Waals surface area contributed by atoms with Crippen molar-refractivity contribution in [3.8, 4) is 0 Å². The van der Waals surface area contributed by atoms with Crippen molar-refractivity contribution in [2.45, 2.75) is 12.5 Å². The molecule has 1 aromatic rings. The highest BCUT2D eigenvalue weighted by atomic mass is 35.5. The Morgan fingerprint density at radius 1 is 1.29 bits per heavy atom. The highest BCUT2D eigenvalue weighted by Crippen LogP contribution is 2.34. The largest absolute Gasteiger partial charge is 0.364 e. The van der Waals surface area contributed by atoms with Crippen molar-refractivity contribution in [3.05, 3.63) is 33.3 Å². The summed E-state index contributed by atoms with van der Waals surface area (Å²) in [5.74, 6) is 0. The monoisotopic (exact) mass is 310 g/mol. The Morgan fingerprint density at radius 3 is 2.76 bits per heavy atom. The molecule has 0 bridgehead atoms. The van der Waals surface area contributed by atoms with Crippen molar-refractivity contribution in [3.63, 3.8) is 0 Å². The van der Waals surface area contributed by atoms with Gasteiger partial charge in [-0.2, -0.15) is 0 Å². The van der Waals surface area contributed by atoms with E-state index in [0.29, 0.717) is 16.8 Å². The number of nitrogens with zero attached hydrogens (tertiary/aromatic N) is 3. The van der Waals surface area contributed by atoms with Gasteiger partial charge in [-0.15, -0.1) is 0 Å². The topological polar surface area (TPSA) is 61.7 Å². The molecule has 1 unspecified atom stereocenters. The number of halogens is 1. The van der Waals surface area contributed by atoms with Crippen LogP contribution in [-0.4, -0.2) is 55.1 Å². The fourth-order valence-corrected chi connectivity index (χ4v) is 3.38. The Kier molecular flexibility index (Phi) is 4.28. The molecule has 2 heterocycles. The quantitative estimate of drug-likeness (QED) is 0.680. The first-order chi connectivity index (χ1) is 10.1. The van der Waals surface area contributed by atoms with Crippen LogP contribution in [0.15, 0.2) is 18.2 Å². The van der Waals surface area contributed by atoms with Crippen molar-refractivity contribution in [2.24, 2.45) is 0 Å². The van der Waals surface area contributed by atoms with Gasteiger partial charge in [-0.25, -0.2) is 0 Å². The second-order valence-corrected chi connectivity index (χ2v) is 6.00. The van der Waals surface area contributed by atoms with Gasteiger partial charge in [0, 0.05) is 56.4 Å². The lowest BCUT2D eigenvalue weighted by Crippen LogP contribution is -2.49. The van der Waals surface area contributed by atoms with Gasteiger partial charge in [-0.1, -0.05) is 11.6 Å². The fraction of sp³-hybridized carbons (Fsp3) is 0.571. The van der Waals surface area contributed by atoms with E-state index in [1.54, 1.807) is 12.1 Å². The molecule has 1 N–H and O–H groups in total. The van der Waals surface area contributed by atoms with Crippen LogP contribution in [-0.2, 0) is 0 Å². The number of benzene rings is 1. The summed E-state index contributed by atoms with van der Waals surface area (Å²) >= 11 is 6.02. The molecule has 0 aromatic heterocycles. The first kappa shape index (κ1) is 14.6. The third kappa shape index (κ3) is 3.12. The van der Waals surface area contributed by atoms with Crippen molar-refractivity contribution in [1.29, 1.82) is 0 Å². The molecule has 3 rings (SSSR count). The van der Waals surface area contributed by atoms with Gasteiger partial charge in [-0.3, -0.25) is 15.0 Å². The predicted octanol–water partition coefficient (Wildman–Crippen LogP) is 1.73. The third-order valence-electron chi connectivity index (χ3n) is 4.31. The summed E-state index contributed by atoms with van der Waals surface area (Å²) in [6.45, 7) is 5.82. The van der Waals surface area contributed by atoms with Gasteiger partial charge in [0.05, 0.1) is 4.92 Å². The molecular weight excluding hydrogens is 292 g/mol. The van der Waals surface area contributed by atoms with Gasteiger partial charge in [0.2, 0.25) is 0 Å². The van der Waals surface area contributed by atoms with Crippen LogP contribution in [0.3, 0.4) is 0 Å². The molecule has 0 aliphatic carbocycles. The molecule has 0 amide bonds. The van der Waals surface area contributed by atoms with Crippen molar-refractivity contribution in [1.82, 2.24) is 10.2 Å². The lowest BCUT2D eigenvalue weighted by Gasteiger charge is -2.32. The molecule has 7 heteroatoms. The summed E-state index contributed by atoms with van der Waals surface area (Å²) in [4.78, 5) is 15.4. The molecule has 114 valence electrons. The number of anilines is 1. The van der Waals surface area contributed by atoms with Gasteiger partial charge in [0.15, 0.2) is 0 Å². The summed E-state index contributed by atoms with van der Waals surface area (Å²) < 4.78 is 0. The number of nitrogens with one attached hydrogen (secondary N) is 1. The maximum absolute atomic E-state index is 11.2. The second kappa shape index (κ2) is 6.17. The number of hydrogen-bond acceptors (Lipinski definition) is 5. The number of rotatable bonds is 3. The number of hydrogen-bond donors (Lipinski definition) is 1. The number of piperazine rings is 1. The Balaban J connectivity index is 1.76. The maximum Gasteiger partial charge on any atom is 0.292 e. The average Bonchev–Trinajstić information content (AvgIpc) is 2.97. The smallest absolute Gasteiger partial charge is 0.292 e. The van der Waals surface area contributed by atoms with Crippen molar-refractivity contribution < 1.29 is 4.92 Å². The number of nitro groups is 1. The van der Waals surface area contributed by atoms with E-state index in [-0.39, 0.29) is 10.6 Å². The lowest BCUT2D eigenvalue weighted by molar-refractivity contribution is -0.384. The van der Waals surface area contributed by atoms with Crippen LogP contribution in [0.25, 0.3) is 0 Å². The molecular formula is C14H19ClN4O2. The van der Waals surface area contributed by atoms with Gasteiger partial charge in [0.25, 0.3) is 5.69 Å². The molecule has 1 aromatic carbocycles. The van der Waals surface area contributed by atoms with E-state index in [1.165, 1.54) is 6.07 Å². The summed E-state index contributed by atoms with van der Waals surface area (Å²) in [6.07, 6.45) is 1.05. The molecule has 0 saturated carbocycles. The normalized spacial score (nSPS) is 23.5. The van der Waals surface area contributed by atoms with Gasteiger partial charge >= 0.3 is 0 Å². The molecule has 1 atom stereocenters. The molecule has 2 aliphatic heterocycles. The summed E-state index contributed by atoms with van der Waals surface area (Å²) in [7, 11) is 0. The van der Waals surface area contributed by atoms with E-state index in [2.05, 4.69) is 15.1 Å². The van der Waals surface area contributed by atoms with Crippen LogP contribution in [0.2, 0.25) is 5.02 Å². The minimum Gasteiger partial charge on any atom is -0.364 e. The van der Waals surface area contributed by atoms with Crippen LogP contribution < -0.4 is 10.2 Å². The average molecular weight is 311 g/mol. The zero-order chi connectivity index (χ0) is 14.8. The Hall–Kier alpha value is -1.37. The molecule has 2 fully saturated rings. The Bertz CT molecular complexity index is 534. The summed E-state index contributed by atoms with van der Waals surface area (Å²) in [5.41, 5.74) is 0.783. The van der Waals surface area contributed by atoms with Crippen LogP contribution in [0.1, 0.15) is 6.42 Å². The second-order valence-electron chi connectivity index (χ2n) is 5.56. The first-order valence-corrected chi connectivity index (χ1v) is 7.66. The fourth-order valence-electron chi connectivity index (χ4n) is 3.21. The molecule has 2 saturated heterocycles. The highest BCUT2D eigenvalue weighted by Gasteiger charge is 2.31. The highest BCUT2D eigenvalue weighted by molar-refractivity contribution is 6.31. The minimum absolute atomic E-state index is 0.139. The van der Waals surface area contributed by atoms with Crippen molar-refractivity contribution in [2.75, 3.05) is 44.2 Å². The van der Waals surface area contributed by atoms with Gasteiger partial charge in [-0.05, 0) is 18.6 Å². The third-order valence-corrected chi connectivity index (χ3v) is 4.54. The molecule has 0 radical (unpaired) electrons.